The van der Waals surface area contributed by atoms with E-state index in [0.717, 1.165) is 0 Å². The molecule has 0 aliphatic heterocycles. The van der Waals surface area contributed by atoms with Gasteiger partial charge in [-0.2, -0.15) is 0 Å². The molecule has 0 saturated heterocycles. The molecule has 0 aromatic carbocycles. The van der Waals surface area contributed by atoms with Crippen molar-refractivity contribution >= 4 is 0 Å². The minimum absolute atomic E-state index is 0. The molecule has 0 aromatic heterocycles. The Balaban J connectivity index is 0. The number of hydrogen-bond donors (Lipinski definition) is 0. The first-order valence-electron chi connectivity index (χ1n) is 0. The summed E-state index contributed by atoms with van der Waals surface area (Å²) in [6.45, 7) is 0. The van der Waals surface area contributed by atoms with Crippen LogP contribution in [0.4, 0.5) is 0 Å². The van der Waals surface area contributed by atoms with E-state index in [1.165, 1.54) is 0 Å². The first kappa shape index (κ1) is 788. The van der Waals surface area contributed by atoms with Crippen LogP contribution in [0.1, 0.15) is 0 Å². The summed E-state index contributed by atoms with van der Waals surface area (Å²) in [5, 5.41) is 0. The quantitative estimate of drug-likeness (QED) is 0.371. The van der Waals surface area contributed by atoms with E-state index in [0.29, 0.717) is 0 Å². The van der Waals surface area contributed by atoms with E-state index >= 15 is 0 Å². The second-order valence-corrected chi connectivity index (χ2v) is 0. The molecule has 5 heavy (non-hydrogen) atoms. The van der Waals surface area contributed by atoms with Gasteiger partial charge in [0.2, 0.25) is 0 Å². The molecule has 4 nitrogen and oxygen atoms in total. The normalized spacial score (nSPS) is 0. The van der Waals surface area contributed by atoms with Crippen LogP contribution in [0.25, 0.3) is 0 Å². The van der Waals surface area contributed by atoms with Crippen molar-refractivity contribution in [2.45, 2.75) is 0 Å². The minimum atomic E-state index is 0. The standard InChI is InChI=1S/Fe.4H2O/h;4*1H2/q+3;;;;/p-3. The molecular formula is H5FeO4. The van der Waals surface area contributed by atoms with E-state index < -0.39 is 0 Å². The Bertz CT molecular complexity index is 3.61. The molecule has 0 amide bonds. The van der Waals surface area contributed by atoms with Crippen LogP contribution in [-0.2, 0) is 17.1 Å². The van der Waals surface area contributed by atoms with E-state index in [1.807, 2.05) is 0 Å². The fourth-order valence-corrected chi connectivity index (χ4v) is 0. The molecule has 0 unspecified atom stereocenters. The van der Waals surface area contributed by atoms with Crippen molar-refractivity contribution in [3.05, 3.63) is 0 Å². The first-order chi connectivity index (χ1) is 0. The molecule has 0 heterocycles. The van der Waals surface area contributed by atoms with Crippen molar-refractivity contribution in [2.75, 3.05) is 0 Å². The van der Waals surface area contributed by atoms with Gasteiger partial charge in [-0.3, -0.25) is 0 Å². The molecule has 0 spiro atoms. The van der Waals surface area contributed by atoms with Crippen LogP contribution >= 0.6 is 0 Å². The number of rotatable bonds is 0. The minimum Gasteiger partial charge on any atom is -0.870 e. The maximum atomic E-state index is 0. The third kappa shape index (κ3) is 188. The maximum Gasteiger partial charge on any atom is 3.00 e. The third-order valence-corrected chi connectivity index (χ3v) is 0. The van der Waals surface area contributed by atoms with Crippen molar-refractivity contribution in [1.29, 1.82) is 0 Å². The molecule has 37 valence electrons. The molecule has 0 rings (SSSR count). The molecule has 0 aliphatic rings. The van der Waals surface area contributed by atoms with E-state index in [-0.39, 0.29) is 39.0 Å². The average molecular weight is 125 g/mol. The van der Waals surface area contributed by atoms with Crippen molar-refractivity contribution in [3.63, 3.8) is 0 Å². The van der Waals surface area contributed by atoms with Gasteiger partial charge in [-0.05, 0) is 0 Å². The van der Waals surface area contributed by atoms with Crippen LogP contribution < -0.4 is 0 Å². The SMILES string of the molecule is O.[Fe+3].[OH-].[OH-].[OH-]. The van der Waals surface area contributed by atoms with E-state index in [2.05, 4.69) is 0 Å². The summed E-state index contributed by atoms with van der Waals surface area (Å²) in [6.07, 6.45) is 0. The second-order valence-electron chi connectivity index (χ2n) is 0. The van der Waals surface area contributed by atoms with Gasteiger partial charge in [-0.1, -0.05) is 0 Å². The largest absolute Gasteiger partial charge is 3.00 e. The van der Waals surface area contributed by atoms with Crippen molar-refractivity contribution < 1.29 is 39.0 Å². The first-order valence-corrected chi connectivity index (χ1v) is 0. The Hall–Kier alpha value is 0.359. The molecule has 5 heteroatoms. The van der Waals surface area contributed by atoms with Crippen LogP contribution in [0.3, 0.4) is 0 Å². The molecule has 0 saturated carbocycles. The van der Waals surface area contributed by atoms with Gasteiger partial charge in [-0.25, -0.2) is 0 Å². The van der Waals surface area contributed by atoms with Gasteiger partial charge in [0, 0.05) is 0 Å². The summed E-state index contributed by atoms with van der Waals surface area (Å²) in [7, 11) is 0. The molecular weight excluding hydrogens is 120 g/mol. The predicted octanol–water partition coefficient (Wildman–Crippen LogP) is -1.36. The van der Waals surface area contributed by atoms with Crippen LogP contribution in [-0.4, -0.2) is 21.9 Å². The Morgan fingerprint density at radius 2 is 0.600 bits per heavy atom. The van der Waals surface area contributed by atoms with Gasteiger partial charge >= 0.3 is 17.1 Å². The van der Waals surface area contributed by atoms with E-state index in [4.69, 9.17) is 0 Å². The van der Waals surface area contributed by atoms with Crippen LogP contribution in [0.5, 0.6) is 0 Å². The zero-order chi connectivity index (χ0) is 0. The summed E-state index contributed by atoms with van der Waals surface area (Å²) in [5.74, 6) is 0. The molecule has 5 N–H and O–H groups in total. The van der Waals surface area contributed by atoms with Crippen molar-refractivity contribution in [1.82, 2.24) is 0 Å². The van der Waals surface area contributed by atoms with Gasteiger partial charge in [0.05, 0.1) is 0 Å². The third-order valence-electron chi connectivity index (χ3n) is 0. The maximum absolute atomic E-state index is 0. The number of hydrogen-bond acceptors (Lipinski definition) is 3. The zero-order valence-corrected chi connectivity index (χ0v) is 3.30. The monoisotopic (exact) mass is 125 g/mol. The Labute approximate surface area is 39.9 Å². The van der Waals surface area contributed by atoms with Gasteiger partial charge in [0.15, 0.2) is 0 Å². The van der Waals surface area contributed by atoms with Crippen LogP contribution in [0, 0.1) is 0 Å². The second kappa shape index (κ2) is 381. The molecule has 0 aromatic rings. The Kier molecular flexibility index (Phi) is 60000. The summed E-state index contributed by atoms with van der Waals surface area (Å²) in [6, 6.07) is 0. The van der Waals surface area contributed by atoms with Crippen LogP contribution in [0.15, 0.2) is 0 Å². The topological polar surface area (TPSA) is 122 Å². The summed E-state index contributed by atoms with van der Waals surface area (Å²) in [5.41, 5.74) is 0. The molecule has 0 bridgehead atoms. The Morgan fingerprint density at radius 3 is 0.600 bits per heavy atom. The molecule has 0 atom stereocenters. The molecule has 0 fully saturated rings. The summed E-state index contributed by atoms with van der Waals surface area (Å²) < 4.78 is 0. The fraction of sp³-hybridized carbons (Fsp3) is 0. The van der Waals surface area contributed by atoms with E-state index in [1.54, 1.807) is 0 Å². The molecule has 1 radical (unpaired) electrons. The van der Waals surface area contributed by atoms with Gasteiger partial charge in [-0.15, -0.1) is 0 Å². The van der Waals surface area contributed by atoms with Crippen molar-refractivity contribution in [3.8, 4) is 0 Å². The summed E-state index contributed by atoms with van der Waals surface area (Å²) in [4.78, 5) is 0. The summed E-state index contributed by atoms with van der Waals surface area (Å²) >= 11 is 0. The average Bonchev–Trinajstić information content (AvgIpc) is 0. The zero-order valence-electron chi connectivity index (χ0n) is 2.20. The van der Waals surface area contributed by atoms with Crippen molar-refractivity contribution in [2.24, 2.45) is 0 Å². The van der Waals surface area contributed by atoms with Gasteiger partial charge in [0.1, 0.15) is 0 Å². The van der Waals surface area contributed by atoms with Gasteiger partial charge < -0.3 is 21.9 Å². The predicted molar refractivity (Wildman–Crippen MR) is 9.42 cm³/mol. The van der Waals surface area contributed by atoms with Gasteiger partial charge in [0.25, 0.3) is 0 Å². The molecule has 0 aliphatic carbocycles. The Morgan fingerprint density at radius 1 is 0.600 bits per heavy atom. The smallest absolute Gasteiger partial charge is 0.870 e. The fourth-order valence-electron chi connectivity index (χ4n) is 0. The van der Waals surface area contributed by atoms with Crippen LogP contribution in [0.2, 0.25) is 0 Å². The van der Waals surface area contributed by atoms with E-state index in [9.17, 15) is 0 Å².